The summed E-state index contributed by atoms with van der Waals surface area (Å²) in [6.45, 7) is 0. The molecule has 0 aliphatic heterocycles. The van der Waals surface area contributed by atoms with E-state index >= 15 is 0 Å². The van der Waals surface area contributed by atoms with Crippen LogP contribution in [0, 0.1) is 0 Å². The average Bonchev–Trinajstić information content (AvgIpc) is 3.67. The SMILES string of the molecule is c1ccc(-c2cc(-c3ccc4c(c3)c3cnccc3n4-c3ccccc3)nc(-c3ccc(-c4c5ccccc5c(-c5ccc6ccccc6c5)c5ccccc45)cc3)n2)cc1. The molecule has 0 saturated carbocycles. The molecule has 61 heavy (non-hydrogen) atoms. The molecule has 0 aliphatic rings. The lowest BCUT2D eigenvalue weighted by Gasteiger charge is -2.18. The zero-order valence-corrected chi connectivity index (χ0v) is 33.1. The van der Waals surface area contributed by atoms with E-state index in [0.717, 1.165) is 61.1 Å². The standard InChI is InChI=1S/C57H36N4/c1-3-14-38(15-4-1)51-35-52(42-29-30-53-49(34-42)50-36-58-32-31-54(50)61(53)44-17-5-2-6-18-44)60-57(59-51)40-26-24-39(25-27-40)55-45-19-9-11-21-47(45)56(48-22-12-10-20-46(48)55)43-28-23-37-13-7-8-16-41(37)33-43/h1-36H. The minimum atomic E-state index is 0.678. The fourth-order valence-electron chi connectivity index (χ4n) is 9.24. The van der Waals surface area contributed by atoms with Gasteiger partial charge in [-0.05, 0) is 97.0 Å². The molecule has 4 heteroatoms. The molecule has 4 nitrogen and oxygen atoms in total. The summed E-state index contributed by atoms with van der Waals surface area (Å²) in [7, 11) is 0. The predicted octanol–water partition coefficient (Wildman–Crippen LogP) is 14.8. The Morgan fingerprint density at radius 3 is 1.57 bits per heavy atom. The van der Waals surface area contributed by atoms with Crippen LogP contribution >= 0.6 is 0 Å². The predicted molar refractivity (Wildman–Crippen MR) is 254 cm³/mol. The van der Waals surface area contributed by atoms with Crippen LogP contribution in [0.25, 0.3) is 116 Å². The Labute approximate surface area is 352 Å². The first-order valence-corrected chi connectivity index (χ1v) is 20.7. The topological polar surface area (TPSA) is 43.6 Å². The summed E-state index contributed by atoms with van der Waals surface area (Å²) in [5.41, 5.74) is 12.9. The maximum atomic E-state index is 5.29. The molecule has 0 aliphatic carbocycles. The van der Waals surface area contributed by atoms with E-state index in [9.17, 15) is 0 Å². The Kier molecular flexibility index (Phi) is 8.13. The van der Waals surface area contributed by atoms with Crippen LogP contribution in [0.5, 0.6) is 0 Å². The quantitative estimate of drug-likeness (QED) is 0.158. The summed E-state index contributed by atoms with van der Waals surface area (Å²) in [6, 6.07) is 73.6. The van der Waals surface area contributed by atoms with E-state index in [0.29, 0.717) is 5.82 Å². The second kappa shape index (κ2) is 14.3. The van der Waals surface area contributed by atoms with Gasteiger partial charge in [-0.15, -0.1) is 0 Å². The Bertz CT molecular complexity index is 3570. The van der Waals surface area contributed by atoms with Crippen molar-refractivity contribution in [2.75, 3.05) is 0 Å². The molecule has 0 saturated heterocycles. The smallest absolute Gasteiger partial charge is 0.160 e. The van der Waals surface area contributed by atoms with Gasteiger partial charge in [-0.1, -0.05) is 164 Å². The van der Waals surface area contributed by atoms with E-state index in [1.165, 1.54) is 49.0 Å². The maximum absolute atomic E-state index is 5.29. The van der Waals surface area contributed by atoms with E-state index < -0.39 is 0 Å². The van der Waals surface area contributed by atoms with Crippen molar-refractivity contribution in [3.63, 3.8) is 0 Å². The van der Waals surface area contributed by atoms with Crippen molar-refractivity contribution in [3.8, 4) is 61.8 Å². The Balaban J connectivity index is 1.000. The van der Waals surface area contributed by atoms with Gasteiger partial charge in [0, 0.05) is 45.5 Å². The lowest BCUT2D eigenvalue weighted by atomic mass is 9.85. The molecule has 0 radical (unpaired) electrons. The summed E-state index contributed by atoms with van der Waals surface area (Å²) >= 11 is 0. The first kappa shape index (κ1) is 34.8. The van der Waals surface area contributed by atoms with Crippen LogP contribution in [0.15, 0.2) is 219 Å². The molecule has 0 fully saturated rings. The van der Waals surface area contributed by atoms with Gasteiger partial charge in [-0.25, -0.2) is 9.97 Å². The molecule has 12 rings (SSSR count). The van der Waals surface area contributed by atoms with Crippen LogP contribution in [0.2, 0.25) is 0 Å². The van der Waals surface area contributed by atoms with Crippen molar-refractivity contribution in [1.82, 2.24) is 19.5 Å². The van der Waals surface area contributed by atoms with Gasteiger partial charge in [0.15, 0.2) is 5.82 Å². The van der Waals surface area contributed by atoms with Gasteiger partial charge in [0.25, 0.3) is 0 Å². The number of aromatic nitrogens is 4. The van der Waals surface area contributed by atoms with Crippen molar-refractivity contribution in [3.05, 3.63) is 219 Å². The van der Waals surface area contributed by atoms with Crippen LogP contribution in [-0.2, 0) is 0 Å². The van der Waals surface area contributed by atoms with E-state index in [1.807, 2.05) is 18.5 Å². The van der Waals surface area contributed by atoms with Crippen molar-refractivity contribution >= 4 is 54.1 Å². The van der Waals surface area contributed by atoms with Crippen LogP contribution in [0.3, 0.4) is 0 Å². The second-order valence-electron chi connectivity index (χ2n) is 15.6. The summed E-state index contributed by atoms with van der Waals surface area (Å²) in [5, 5.41) is 9.62. The van der Waals surface area contributed by atoms with Crippen LogP contribution in [0.4, 0.5) is 0 Å². The molecule has 284 valence electrons. The molecule has 0 bridgehead atoms. The molecule has 0 N–H and O–H groups in total. The summed E-state index contributed by atoms with van der Waals surface area (Å²) in [4.78, 5) is 15.0. The Morgan fingerprint density at radius 1 is 0.328 bits per heavy atom. The fraction of sp³-hybridized carbons (Fsp3) is 0. The van der Waals surface area contributed by atoms with Gasteiger partial charge in [-0.2, -0.15) is 0 Å². The highest BCUT2D eigenvalue weighted by atomic mass is 15.0. The second-order valence-corrected chi connectivity index (χ2v) is 15.6. The highest BCUT2D eigenvalue weighted by Gasteiger charge is 2.19. The number of benzene rings is 9. The monoisotopic (exact) mass is 776 g/mol. The minimum absolute atomic E-state index is 0.678. The van der Waals surface area contributed by atoms with Crippen LogP contribution in [0.1, 0.15) is 0 Å². The van der Waals surface area contributed by atoms with E-state index in [4.69, 9.17) is 9.97 Å². The van der Waals surface area contributed by atoms with Gasteiger partial charge >= 0.3 is 0 Å². The average molecular weight is 777 g/mol. The van der Waals surface area contributed by atoms with Gasteiger partial charge in [0.2, 0.25) is 0 Å². The van der Waals surface area contributed by atoms with E-state index in [1.54, 1.807) is 0 Å². The molecular formula is C57H36N4. The van der Waals surface area contributed by atoms with Crippen molar-refractivity contribution in [2.24, 2.45) is 0 Å². The Hall–Kier alpha value is -8.21. The summed E-state index contributed by atoms with van der Waals surface area (Å²) < 4.78 is 2.31. The molecule has 9 aromatic carbocycles. The molecule has 3 heterocycles. The van der Waals surface area contributed by atoms with Crippen molar-refractivity contribution < 1.29 is 0 Å². The number of nitrogens with zero attached hydrogens (tertiary/aromatic N) is 4. The van der Waals surface area contributed by atoms with Crippen molar-refractivity contribution in [1.29, 1.82) is 0 Å². The molecule has 0 atom stereocenters. The molecule has 12 aromatic rings. The third kappa shape index (κ3) is 5.88. The van der Waals surface area contributed by atoms with Gasteiger partial charge in [0.1, 0.15) is 0 Å². The third-order valence-electron chi connectivity index (χ3n) is 12.1. The minimum Gasteiger partial charge on any atom is -0.309 e. The first-order valence-electron chi connectivity index (χ1n) is 20.7. The highest BCUT2D eigenvalue weighted by molar-refractivity contribution is 6.21. The first-order chi connectivity index (χ1) is 30.2. The van der Waals surface area contributed by atoms with Crippen LogP contribution in [-0.4, -0.2) is 19.5 Å². The third-order valence-corrected chi connectivity index (χ3v) is 12.1. The van der Waals surface area contributed by atoms with Crippen LogP contribution < -0.4 is 0 Å². The number of rotatable bonds is 6. The number of fused-ring (bicyclic) bond motifs is 6. The normalized spacial score (nSPS) is 11.6. The molecule has 0 unspecified atom stereocenters. The zero-order chi connectivity index (χ0) is 40.3. The largest absolute Gasteiger partial charge is 0.309 e. The van der Waals surface area contributed by atoms with Gasteiger partial charge in [0.05, 0.1) is 22.4 Å². The number of para-hydroxylation sites is 1. The Morgan fingerprint density at radius 2 is 0.869 bits per heavy atom. The van der Waals surface area contributed by atoms with Crippen molar-refractivity contribution in [2.45, 2.75) is 0 Å². The zero-order valence-electron chi connectivity index (χ0n) is 33.1. The summed E-state index contributed by atoms with van der Waals surface area (Å²) in [6.07, 6.45) is 3.83. The lowest BCUT2D eigenvalue weighted by Crippen LogP contribution is -1.96. The fourth-order valence-corrected chi connectivity index (χ4v) is 9.24. The highest BCUT2D eigenvalue weighted by Crippen LogP contribution is 2.44. The molecule has 0 spiro atoms. The number of pyridine rings is 1. The maximum Gasteiger partial charge on any atom is 0.160 e. The summed E-state index contributed by atoms with van der Waals surface area (Å²) in [5.74, 6) is 0.678. The lowest BCUT2D eigenvalue weighted by molar-refractivity contribution is 1.17. The van der Waals surface area contributed by atoms with E-state index in [2.05, 4.69) is 210 Å². The number of hydrogen-bond donors (Lipinski definition) is 0. The van der Waals surface area contributed by atoms with E-state index in [-0.39, 0.29) is 0 Å². The van der Waals surface area contributed by atoms with Gasteiger partial charge < -0.3 is 4.57 Å². The molecule has 0 amide bonds. The molecular weight excluding hydrogens is 741 g/mol. The molecule has 3 aromatic heterocycles. The number of hydrogen-bond acceptors (Lipinski definition) is 3. The van der Waals surface area contributed by atoms with Gasteiger partial charge in [-0.3, -0.25) is 4.98 Å².